The van der Waals surface area contributed by atoms with Crippen molar-refractivity contribution in [3.63, 3.8) is 0 Å². The maximum atomic E-state index is 11.6. The van der Waals surface area contributed by atoms with Gasteiger partial charge in [0.2, 0.25) is 5.91 Å². The highest BCUT2D eigenvalue weighted by Gasteiger charge is 2.35. The minimum Gasteiger partial charge on any atom is -0.480 e. The number of aliphatic hydroxyl groups is 1. The highest BCUT2D eigenvalue weighted by molar-refractivity contribution is 6.01. The minimum absolute atomic E-state index is 0.509. The molecule has 0 radical (unpaired) electrons. The van der Waals surface area contributed by atoms with Crippen molar-refractivity contribution in [3.8, 4) is 0 Å². The number of carbonyl (C=O) groups excluding carboxylic acids is 2. The zero-order valence-electron chi connectivity index (χ0n) is 9.85. The van der Waals surface area contributed by atoms with E-state index in [4.69, 9.17) is 5.11 Å². The molecule has 0 atom stereocenters. The molecule has 92 valence electrons. The molecule has 0 aliphatic rings. The number of amides is 2. The summed E-state index contributed by atoms with van der Waals surface area (Å²) < 4.78 is 0. The number of carboxylic acids is 1. The predicted molar refractivity (Wildman–Crippen MR) is 55.5 cm³/mol. The normalized spacial score (nSPS) is 11.4. The summed E-state index contributed by atoms with van der Waals surface area (Å²) in [6.45, 7) is 4.78. The first kappa shape index (κ1) is 14.6. The van der Waals surface area contributed by atoms with E-state index in [1.165, 1.54) is 13.8 Å². The molecular weight excluding hydrogens is 214 g/mol. The van der Waals surface area contributed by atoms with E-state index in [2.05, 4.69) is 0 Å². The molecule has 2 N–H and O–H groups in total. The third kappa shape index (κ3) is 3.98. The molecule has 0 aromatic rings. The predicted octanol–water partition coefficient (Wildman–Crippen LogP) is -0.147. The second-order valence-corrected chi connectivity index (χ2v) is 4.34. The van der Waals surface area contributed by atoms with Crippen LogP contribution in [0, 0.1) is 5.92 Å². The van der Waals surface area contributed by atoms with Crippen molar-refractivity contribution >= 4 is 17.8 Å². The molecule has 0 aliphatic carbocycles. The Morgan fingerprint density at radius 2 is 1.69 bits per heavy atom. The molecule has 0 unspecified atom stereocenters. The smallest absolute Gasteiger partial charge is 0.323 e. The van der Waals surface area contributed by atoms with E-state index < -0.39 is 35.8 Å². The number of imide groups is 1. The lowest BCUT2D eigenvalue weighted by atomic mass is 10.1. The van der Waals surface area contributed by atoms with Crippen LogP contribution in [0.4, 0.5) is 0 Å². The van der Waals surface area contributed by atoms with Crippen LogP contribution < -0.4 is 0 Å². The van der Waals surface area contributed by atoms with E-state index >= 15 is 0 Å². The van der Waals surface area contributed by atoms with E-state index in [0.29, 0.717) is 4.90 Å². The summed E-state index contributed by atoms with van der Waals surface area (Å²) in [6.07, 6.45) is 0. The van der Waals surface area contributed by atoms with Gasteiger partial charge in [0.15, 0.2) is 0 Å². The van der Waals surface area contributed by atoms with Gasteiger partial charge in [-0.05, 0) is 13.8 Å². The summed E-state index contributed by atoms with van der Waals surface area (Å²) in [5, 5.41) is 18.1. The summed E-state index contributed by atoms with van der Waals surface area (Å²) in [6, 6.07) is 0. The summed E-state index contributed by atoms with van der Waals surface area (Å²) in [5.41, 5.74) is -1.76. The van der Waals surface area contributed by atoms with Crippen molar-refractivity contribution in [2.75, 3.05) is 6.54 Å². The molecule has 6 nitrogen and oxygen atoms in total. The zero-order valence-corrected chi connectivity index (χ0v) is 9.85. The highest BCUT2D eigenvalue weighted by atomic mass is 16.4. The van der Waals surface area contributed by atoms with Crippen molar-refractivity contribution in [2.45, 2.75) is 33.3 Å². The van der Waals surface area contributed by atoms with Gasteiger partial charge in [0, 0.05) is 5.92 Å². The van der Waals surface area contributed by atoms with Gasteiger partial charge in [-0.15, -0.1) is 0 Å². The molecule has 0 saturated carbocycles. The van der Waals surface area contributed by atoms with Crippen molar-refractivity contribution in [1.82, 2.24) is 4.90 Å². The maximum Gasteiger partial charge on any atom is 0.323 e. The lowest BCUT2D eigenvalue weighted by Gasteiger charge is -2.26. The Balaban J connectivity index is 5.03. The van der Waals surface area contributed by atoms with Gasteiger partial charge in [0.25, 0.3) is 5.91 Å². The van der Waals surface area contributed by atoms with Crippen LogP contribution in [0.25, 0.3) is 0 Å². The van der Waals surface area contributed by atoms with Gasteiger partial charge >= 0.3 is 5.97 Å². The highest BCUT2D eigenvalue weighted by Crippen LogP contribution is 2.11. The molecule has 16 heavy (non-hydrogen) atoms. The Morgan fingerprint density at radius 1 is 1.25 bits per heavy atom. The molecule has 0 spiro atoms. The quantitative estimate of drug-likeness (QED) is 0.701. The van der Waals surface area contributed by atoms with Crippen LogP contribution in [0.1, 0.15) is 27.7 Å². The Labute approximate surface area is 93.9 Å². The Kier molecular flexibility index (Phi) is 4.61. The Morgan fingerprint density at radius 3 is 1.94 bits per heavy atom. The summed E-state index contributed by atoms with van der Waals surface area (Å²) in [4.78, 5) is 34.3. The fourth-order valence-corrected chi connectivity index (χ4v) is 1.03. The van der Waals surface area contributed by atoms with Crippen LogP contribution >= 0.6 is 0 Å². The van der Waals surface area contributed by atoms with E-state index in [1.54, 1.807) is 13.8 Å². The zero-order chi connectivity index (χ0) is 13.1. The fourth-order valence-electron chi connectivity index (χ4n) is 1.03. The second kappa shape index (κ2) is 5.07. The maximum absolute atomic E-state index is 11.6. The molecule has 0 aromatic carbocycles. The number of hydrogen-bond donors (Lipinski definition) is 2. The average molecular weight is 231 g/mol. The molecule has 0 heterocycles. The lowest BCUT2D eigenvalue weighted by molar-refractivity contribution is -0.162. The molecule has 0 saturated heterocycles. The first-order chi connectivity index (χ1) is 7.07. The van der Waals surface area contributed by atoms with Crippen LogP contribution in [0.2, 0.25) is 0 Å². The van der Waals surface area contributed by atoms with Gasteiger partial charge in [0.05, 0.1) is 0 Å². The van der Waals surface area contributed by atoms with E-state index in [1.807, 2.05) is 0 Å². The number of nitrogens with zero attached hydrogens (tertiary/aromatic N) is 1. The van der Waals surface area contributed by atoms with Crippen molar-refractivity contribution in [3.05, 3.63) is 0 Å². The van der Waals surface area contributed by atoms with Crippen LogP contribution in [-0.2, 0) is 14.4 Å². The van der Waals surface area contributed by atoms with Gasteiger partial charge in [-0.3, -0.25) is 19.3 Å². The molecule has 6 heteroatoms. The van der Waals surface area contributed by atoms with Gasteiger partial charge in [-0.1, -0.05) is 13.8 Å². The van der Waals surface area contributed by atoms with Crippen LogP contribution in [-0.4, -0.2) is 45.0 Å². The van der Waals surface area contributed by atoms with E-state index in [0.717, 1.165) is 0 Å². The largest absolute Gasteiger partial charge is 0.480 e. The summed E-state index contributed by atoms with van der Waals surface area (Å²) in [7, 11) is 0. The number of carbonyl (C=O) groups is 3. The van der Waals surface area contributed by atoms with Crippen molar-refractivity contribution < 1.29 is 24.6 Å². The number of aliphatic carboxylic acids is 1. The lowest BCUT2D eigenvalue weighted by Crippen LogP contribution is -2.51. The third-order valence-corrected chi connectivity index (χ3v) is 1.82. The Hall–Kier alpha value is -1.43. The third-order valence-electron chi connectivity index (χ3n) is 1.82. The molecule has 0 fully saturated rings. The minimum atomic E-state index is -1.76. The van der Waals surface area contributed by atoms with Crippen LogP contribution in [0.5, 0.6) is 0 Å². The van der Waals surface area contributed by atoms with E-state index in [-0.39, 0.29) is 0 Å². The fraction of sp³-hybridized carbons (Fsp3) is 0.700. The molecule has 0 aliphatic heterocycles. The van der Waals surface area contributed by atoms with Gasteiger partial charge < -0.3 is 10.2 Å². The number of rotatable bonds is 4. The standard InChI is InChI=1S/C10H17NO5/c1-6(2)8(14)11(5-7(12)13)9(15)10(3,4)16/h6,16H,5H2,1-4H3,(H,12,13). The molecular formula is C10H17NO5. The van der Waals surface area contributed by atoms with Crippen molar-refractivity contribution in [1.29, 1.82) is 0 Å². The molecule has 0 rings (SSSR count). The topological polar surface area (TPSA) is 94.9 Å². The summed E-state index contributed by atoms with van der Waals surface area (Å²) >= 11 is 0. The second-order valence-electron chi connectivity index (χ2n) is 4.34. The van der Waals surface area contributed by atoms with Gasteiger partial charge in [-0.25, -0.2) is 0 Å². The Bertz CT molecular complexity index is 303. The monoisotopic (exact) mass is 231 g/mol. The first-order valence-corrected chi connectivity index (χ1v) is 4.87. The molecule has 2 amide bonds. The van der Waals surface area contributed by atoms with E-state index in [9.17, 15) is 19.5 Å². The number of hydrogen-bond acceptors (Lipinski definition) is 4. The average Bonchev–Trinajstić information content (AvgIpc) is 2.09. The molecule has 0 aromatic heterocycles. The van der Waals surface area contributed by atoms with Gasteiger partial charge in [-0.2, -0.15) is 0 Å². The van der Waals surface area contributed by atoms with Crippen molar-refractivity contribution in [2.24, 2.45) is 5.92 Å². The SMILES string of the molecule is CC(C)C(=O)N(CC(=O)O)C(=O)C(C)(C)O. The van der Waals surface area contributed by atoms with Gasteiger partial charge in [0.1, 0.15) is 12.1 Å². The van der Waals surface area contributed by atoms with Crippen LogP contribution in [0.3, 0.4) is 0 Å². The molecule has 0 bridgehead atoms. The summed E-state index contributed by atoms with van der Waals surface area (Å²) in [5.74, 6) is -3.33. The number of carboxylic acid groups (broad SMARTS) is 1. The van der Waals surface area contributed by atoms with Crippen LogP contribution in [0.15, 0.2) is 0 Å². The first-order valence-electron chi connectivity index (χ1n) is 4.87.